The number of thiocarbonyl (C=S) groups is 1. The number of hydrogen-bond acceptors (Lipinski definition) is 15. The lowest BCUT2D eigenvalue weighted by Crippen LogP contribution is -2.30. The number of carbonyl (C=O) groups excluding carboxylic acids is 2. The van der Waals surface area contributed by atoms with E-state index < -0.39 is 17.9 Å². The third-order valence-corrected chi connectivity index (χ3v) is 6.85. The van der Waals surface area contributed by atoms with E-state index in [1.165, 1.54) is 19.1 Å². The van der Waals surface area contributed by atoms with Crippen LogP contribution in [0.3, 0.4) is 0 Å². The van der Waals surface area contributed by atoms with Gasteiger partial charge in [0.25, 0.3) is 0 Å². The molecule has 21 heteroatoms. The van der Waals surface area contributed by atoms with Crippen molar-refractivity contribution in [2.45, 2.75) is 50.6 Å². The van der Waals surface area contributed by atoms with Crippen LogP contribution >= 0.6 is 52.5 Å². The number of aryl methyl sites for hydroxylation is 2. The number of esters is 1. The van der Waals surface area contributed by atoms with Gasteiger partial charge in [-0.3, -0.25) is 28.8 Å². The third kappa shape index (κ3) is 30.3. The fourth-order valence-electron chi connectivity index (χ4n) is 2.86. The number of nitriles is 3. The number of nitrogens with zero attached hydrogens (tertiary/aromatic N) is 3. The first kappa shape index (κ1) is 51.8. The lowest BCUT2D eigenvalue weighted by Gasteiger charge is -2.10. The van der Waals surface area contributed by atoms with Crippen LogP contribution in [0.25, 0.3) is 0 Å². The number of thioether (sulfide) groups is 1. The lowest BCUT2D eigenvalue weighted by atomic mass is 10.2. The molecular formula is C31H40BrN7O10S3. The molecule has 0 radical (unpaired) electrons. The zero-order chi connectivity index (χ0) is 40.6. The molecule has 0 atom stereocenters. The van der Waals surface area contributed by atoms with Crippen molar-refractivity contribution in [1.82, 2.24) is 15.3 Å². The summed E-state index contributed by atoms with van der Waals surface area (Å²) in [6.45, 7) is 10.6. The van der Waals surface area contributed by atoms with Crippen molar-refractivity contribution >= 4 is 81.2 Å². The Labute approximate surface area is 323 Å². The number of rotatable bonds is 8. The average molecular weight is 847 g/mol. The molecule has 17 nitrogen and oxygen atoms in total. The van der Waals surface area contributed by atoms with Crippen molar-refractivity contribution in [3.63, 3.8) is 0 Å². The maximum absolute atomic E-state index is 11.1. The molecular weight excluding hydrogens is 806 g/mol. The summed E-state index contributed by atoms with van der Waals surface area (Å²) >= 11 is 11.9. The van der Waals surface area contributed by atoms with Gasteiger partial charge in [0.15, 0.2) is 0 Å². The lowest BCUT2D eigenvalue weighted by molar-refractivity contribution is -0.145. The molecule has 0 saturated carbocycles. The number of nitrogens with one attached hydrogen (secondary N) is 3. The molecule has 0 bridgehead atoms. The van der Waals surface area contributed by atoms with Crippen LogP contribution in [0.1, 0.15) is 48.9 Å². The Morgan fingerprint density at radius 2 is 1.52 bits per heavy atom. The highest BCUT2D eigenvalue weighted by Crippen LogP contribution is 2.20. The van der Waals surface area contributed by atoms with Crippen LogP contribution in [0.5, 0.6) is 0 Å². The number of aromatic amines is 2. The van der Waals surface area contributed by atoms with E-state index in [1.807, 2.05) is 12.1 Å². The van der Waals surface area contributed by atoms with Crippen LogP contribution < -0.4 is 22.2 Å². The molecule has 0 amide bonds. The van der Waals surface area contributed by atoms with Crippen LogP contribution in [-0.2, 0) is 28.7 Å². The Morgan fingerprint density at radius 3 is 1.83 bits per heavy atom. The summed E-state index contributed by atoms with van der Waals surface area (Å²) in [5, 5.41) is 45.2. The average Bonchev–Trinajstić information content (AvgIpc) is 3.05. The molecule has 2 aromatic heterocycles. The summed E-state index contributed by atoms with van der Waals surface area (Å²) in [5.41, 5.74) is 6.30. The predicted molar refractivity (Wildman–Crippen MR) is 203 cm³/mol. The number of hydrogen-bond donors (Lipinski definition) is 7. The fourth-order valence-corrected chi connectivity index (χ4v) is 4.05. The first-order chi connectivity index (χ1) is 24.4. The van der Waals surface area contributed by atoms with Gasteiger partial charge < -0.3 is 40.7 Å². The van der Waals surface area contributed by atoms with Crippen molar-refractivity contribution in [3.8, 4) is 18.2 Å². The maximum atomic E-state index is 11.1. The van der Waals surface area contributed by atoms with E-state index in [1.54, 1.807) is 26.8 Å². The second kappa shape index (κ2) is 32.4. The van der Waals surface area contributed by atoms with Crippen molar-refractivity contribution < 1.29 is 38.9 Å². The number of Topliss-reactive ketones (excluding diaryl/α,β-unsaturated/α-hetero) is 1. The van der Waals surface area contributed by atoms with Gasteiger partial charge in [-0.1, -0.05) is 39.9 Å². The summed E-state index contributed by atoms with van der Waals surface area (Å²) in [6, 6.07) is 8.36. The number of carboxylic acid groups (broad SMARTS) is 2. The SMILES string of the molecule is C1COCCN1.CCOC(=O)CC(C)=O.Cc1cc(=O)[nH]c(S)c1C#N.Cc1cc(=O)[nH]c(SCC(=O)O)c1C#N.N#CCC(N)=S.O=C(O)CBr. The number of pyridine rings is 2. The Balaban J connectivity index is -0.000000580. The third-order valence-electron chi connectivity index (χ3n) is 4.90. The molecule has 1 fully saturated rings. The van der Waals surface area contributed by atoms with Crippen molar-refractivity contribution in [1.29, 1.82) is 15.8 Å². The van der Waals surface area contributed by atoms with E-state index in [4.69, 9.17) is 36.5 Å². The van der Waals surface area contributed by atoms with Crippen molar-refractivity contribution in [2.75, 3.05) is 44.0 Å². The first-order valence-electron chi connectivity index (χ1n) is 14.6. The van der Waals surface area contributed by atoms with E-state index in [-0.39, 0.29) is 45.8 Å². The van der Waals surface area contributed by atoms with Crippen LogP contribution in [-0.4, -0.2) is 92.9 Å². The van der Waals surface area contributed by atoms with Gasteiger partial charge in [0, 0.05) is 25.2 Å². The Morgan fingerprint density at radius 1 is 1.02 bits per heavy atom. The molecule has 1 aliphatic rings. The summed E-state index contributed by atoms with van der Waals surface area (Å²) in [6.07, 6.45) is 0.0865. The van der Waals surface area contributed by atoms with E-state index in [2.05, 4.69) is 60.8 Å². The maximum Gasteiger partial charge on any atom is 0.314 e. The van der Waals surface area contributed by atoms with E-state index >= 15 is 0 Å². The van der Waals surface area contributed by atoms with Gasteiger partial charge in [-0.25, -0.2) is 0 Å². The first-order valence-corrected chi connectivity index (χ1v) is 17.5. The Bertz CT molecular complexity index is 1670. The molecule has 1 aliphatic heterocycles. The van der Waals surface area contributed by atoms with Gasteiger partial charge in [-0.15, -0.1) is 12.6 Å². The molecule has 3 rings (SSSR count). The highest BCUT2D eigenvalue weighted by molar-refractivity contribution is 9.09. The highest BCUT2D eigenvalue weighted by atomic mass is 79.9. The highest BCUT2D eigenvalue weighted by Gasteiger charge is 2.09. The predicted octanol–water partition coefficient (Wildman–Crippen LogP) is 2.36. The number of thiol groups is 1. The fraction of sp³-hybridized carbons (Fsp3) is 0.419. The molecule has 7 N–H and O–H groups in total. The molecule has 3 heterocycles. The topological polar surface area (TPSA) is 302 Å². The number of aliphatic carboxylic acids is 2. The van der Waals surface area contributed by atoms with Crippen molar-refractivity contribution in [2.24, 2.45) is 5.73 Å². The summed E-state index contributed by atoms with van der Waals surface area (Å²) in [4.78, 5) is 67.3. The molecule has 0 aliphatic carbocycles. The standard InChI is InChI=1S/C9H8N2O3S.C7H6N2OS.C6H10O3.C4H9NO.C3H4N2S.C2H3BrO2/c1-5-2-7(12)11-9(6(5)3-10)15-4-8(13)14;1-4-2-6(10)9-7(11)5(4)3-8;1-3-9-6(8)4-5(2)7;1-3-6-4-2-5-1;4-2-1-3(5)6;3-1-2(4)5/h2H,4H2,1H3,(H,11,12)(H,13,14);2H,1H3,(H2,9,10,11);3-4H2,1-2H3;5H,1-4H2;1H2,(H2,5,6);1H2,(H,4,5). The molecule has 0 unspecified atom stereocenters. The second-order valence-electron chi connectivity index (χ2n) is 9.34. The molecule has 284 valence electrons. The van der Waals surface area contributed by atoms with Crippen LogP contribution in [0.4, 0.5) is 0 Å². The number of carbonyl (C=O) groups is 4. The minimum atomic E-state index is -0.994. The van der Waals surface area contributed by atoms with Crippen LogP contribution in [0.2, 0.25) is 0 Å². The smallest absolute Gasteiger partial charge is 0.314 e. The van der Waals surface area contributed by atoms with Gasteiger partial charge >= 0.3 is 17.9 Å². The molecule has 52 heavy (non-hydrogen) atoms. The number of nitrogens with two attached hydrogens (primary N) is 1. The number of carboxylic acids is 2. The molecule has 0 spiro atoms. The number of ether oxygens (including phenoxy) is 2. The minimum Gasteiger partial charge on any atom is -0.481 e. The normalized spacial score (nSPS) is 10.4. The van der Waals surface area contributed by atoms with Gasteiger partial charge in [0.05, 0.1) is 64.2 Å². The number of ketones is 1. The van der Waals surface area contributed by atoms with Crippen molar-refractivity contribution in [3.05, 3.63) is 55.1 Å². The summed E-state index contributed by atoms with van der Waals surface area (Å²) in [7, 11) is 0. The number of aromatic nitrogens is 2. The van der Waals surface area contributed by atoms with Gasteiger partial charge in [0.1, 0.15) is 29.7 Å². The molecule has 2 aromatic rings. The Kier molecular flexibility index (Phi) is 32.2. The van der Waals surface area contributed by atoms with E-state index in [0.29, 0.717) is 38.9 Å². The number of H-pyrrole nitrogens is 2. The zero-order valence-electron chi connectivity index (χ0n) is 28.7. The number of halogens is 1. The number of morpholine rings is 1. The van der Waals surface area contributed by atoms with E-state index in [0.717, 1.165) is 38.1 Å². The minimum absolute atomic E-state index is 0.0347. The van der Waals surface area contributed by atoms with Crippen LogP contribution in [0, 0.1) is 47.8 Å². The monoisotopic (exact) mass is 845 g/mol. The van der Waals surface area contributed by atoms with E-state index in [9.17, 15) is 28.8 Å². The molecule has 1 saturated heterocycles. The van der Waals surface area contributed by atoms with Gasteiger partial charge in [-0.05, 0) is 38.8 Å². The largest absolute Gasteiger partial charge is 0.481 e. The Hall–Kier alpha value is -4.56. The molecule has 0 aromatic carbocycles. The summed E-state index contributed by atoms with van der Waals surface area (Å²) < 4.78 is 9.50. The van der Waals surface area contributed by atoms with Crippen LogP contribution in [0.15, 0.2) is 31.8 Å². The zero-order valence-corrected chi connectivity index (χ0v) is 32.9. The van der Waals surface area contributed by atoms with Gasteiger partial charge in [-0.2, -0.15) is 15.8 Å². The quantitative estimate of drug-likeness (QED) is 0.0501. The van der Waals surface area contributed by atoms with Gasteiger partial charge in [0.2, 0.25) is 11.1 Å². The number of alkyl halides is 1. The summed E-state index contributed by atoms with van der Waals surface area (Å²) in [5.74, 6) is -2.61. The second-order valence-corrected chi connectivity index (χ2v) is 11.9.